The Kier molecular flexibility index (Phi) is 7.28. The van der Waals surface area contributed by atoms with Gasteiger partial charge in [-0.05, 0) is 49.2 Å². The molecule has 1 aromatic heterocycles. The summed E-state index contributed by atoms with van der Waals surface area (Å²) in [6.45, 7) is 6.95. The SMILES string of the molecule is CCCOc1ccc(C(=O)N2CCN(c3oc(/C=C/c4ccc(C)cc4)nc3C#N)CC2)cc1. The molecule has 174 valence electrons. The minimum atomic E-state index is -0.0125. The van der Waals surface area contributed by atoms with Crippen molar-refractivity contribution in [3.8, 4) is 11.8 Å². The number of aromatic nitrogens is 1. The van der Waals surface area contributed by atoms with Gasteiger partial charge in [0.05, 0.1) is 6.61 Å². The fraction of sp³-hybridized carbons (Fsp3) is 0.296. The molecule has 0 atom stereocenters. The van der Waals surface area contributed by atoms with E-state index >= 15 is 0 Å². The molecule has 34 heavy (non-hydrogen) atoms. The molecule has 1 aliphatic heterocycles. The van der Waals surface area contributed by atoms with Gasteiger partial charge in [-0.15, -0.1) is 0 Å². The normalized spacial score (nSPS) is 13.8. The zero-order valence-corrected chi connectivity index (χ0v) is 19.5. The van der Waals surface area contributed by atoms with Crippen LogP contribution in [0, 0.1) is 18.3 Å². The van der Waals surface area contributed by atoms with Crippen molar-refractivity contribution in [1.82, 2.24) is 9.88 Å². The zero-order valence-electron chi connectivity index (χ0n) is 19.5. The molecule has 1 aliphatic rings. The third-order valence-electron chi connectivity index (χ3n) is 5.66. The molecule has 3 aromatic rings. The molecule has 1 fully saturated rings. The lowest BCUT2D eigenvalue weighted by Gasteiger charge is -2.34. The summed E-state index contributed by atoms with van der Waals surface area (Å²) in [6, 6.07) is 17.5. The number of ether oxygens (including phenoxy) is 1. The molecule has 1 amide bonds. The lowest BCUT2D eigenvalue weighted by Crippen LogP contribution is -2.48. The number of benzene rings is 2. The first-order chi connectivity index (χ1) is 16.6. The Labute approximate surface area is 199 Å². The standard InChI is InChI=1S/C27H28N4O3/c1-3-18-33-23-11-9-22(10-12-23)26(32)30-14-16-31(17-15-30)27-24(19-28)29-25(34-27)13-8-21-6-4-20(2)5-7-21/h4-13H,3,14-18H2,1-2H3/b13-8+. The van der Waals surface area contributed by atoms with Crippen LogP contribution in [0.15, 0.2) is 52.9 Å². The number of hydrogen-bond acceptors (Lipinski definition) is 6. The van der Waals surface area contributed by atoms with E-state index in [2.05, 4.69) is 18.0 Å². The van der Waals surface area contributed by atoms with E-state index in [0.29, 0.717) is 50.1 Å². The summed E-state index contributed by atoms with van der Waals surface area (Å²) in [4.78, 5) is 21.0. The number of anilines is 1. The Morgan fingerprint density at radius 1 is 1.09 bits per heavy atom. The fourth-order valence-electron chi connectivity index (χ4n) is 3.74. The summed E-state index contributed by atoms with van der Waals surface area (Å²) in [5, 5.41) is 9.55. The first kappa shape index (κ1) is 23.1. The Hall–Kier alpha value is -4.05. The van der Waals surface area contributed by atoms with Gasteiger partial charge >= 0.3 is 0 Å². The van der Waals surface area contributed by atoms with Gasteiger partial charge in [0.1, 0.15) is 11.8 Å². The zero-order chi connectivity index (χ0) is 23.9. The highest BCUT2D eigenvalue weighted by atomic mass is 16.5. The summed E-state index contributed by atoms with van der Waals surface area (Å²) < 4.78 is 11.5. The molecule has 2 heterocycles. The van der Waals surface area contributed by atoms with Crippen molar-refractivity contribution in [3.05, 3.63) is 76.8 Å². The van der Waals surface area contributed by atoms with Gasteiger partial charge in [0.15, 0.2) is 0 Å². The number of rotatable bonds is 7. The van der Waals surface area contributed by atoms with Crippen LogP contribution in [-0.4, -0.2) is 48.6 Å². The number of hydrogen-bond donors (Lipinski definition) is 0. The summed E-state index contributed by atoms with van der Waals surface area (Å²) >= 11 is 0. The highest BCUT2D eigenvalue weighted by Gasteiger charge is 2.26. The maximum atomic E-state index is 12.9. The molecule has 0 saturated carbocycles. The van der Waals surface area contributed by atoms with Crippen LogP contribution < -0.4 is 9.64 Å². The largest absolute Gasteiger partial charge is 0.494 e. The van der Waals surface area contributed by atoms with Crippen LogP contribution in [0.3, 0.4) is 0 Å². The Bertz CT molecular complexity index is 1180. The Morgan fingerprint density at radius 2 is 1.79 bits per heavy atom. The van der Waals surface area contributed by atoms with Crippen molar-refractivity contribution >= 4 is 23.9 Å². The van der Waals surface area contributed by atoms with Gasteiger partial charge in [-0.2, -0.15) is 10.2 Å². The van der Waals surface area contributed by atoms with Crippen LogP contribution in [0.25, 0.3) is 12.2 Å². The lowest BCUT2D eigenvalue weighted by molar-refractivity contribution is 0.0745. The first-order valence-corrected chi connectivity index (χ1v) is 11.5. The van der Waals surface area contributed by atoms with Gasteiger partial charge in [-0.3, -0.25) is 4.79 Å². The third-order valence-corrected chi connectivity index (χ3v) is 5.66. The van der Waals surface area contributed by atoms with Crippen LogP contribution in [0.1, 0.15) is 46.4 Å². The van der Waals surface area contributed by atoms with Crippen LogP contribution in [0.2, 0.25) is 0 Å². The number of amides is 1. The van der Waals surface area contributed by atoms with E-state index in [9.17, 15) is 10.1 Å². The minimum absolute atomic E-state index is 0.0125. The van der Waals surface area contributed by atoms with E-state index in [4.69, 9.17) is 9.15 Å². The summed E-state index contributed by atoms with van der Waals surface area (Å²) in [7, 11) is 0. The predicted molar refractivity (Wildman–Crippen MR) is 132 cm³/mol. The monoisotopic (exact) mass is 456 g/mol. The molecule has 0 bridgehead atoms. The quantitative estimate of drug-likeness (QED) is 0.509. The first-order valence-electron chi connectivity index (χ1n) is 11.5. The average molecular weight is 457 g/mol. The molecule has 4 rings (SSSR count). The number of nitrogens with zero attached hydrogens (tertiary/aromatic N) is 4. The Morgan fingerprint density at radius 3 is 2.44 bits per heavy atom. The molecule has 0 unspecified atom stereocenters. The maximum Gasteiger partial charge on any atom is 0.253 e. The van der Waals surface area contributed by atoms with E-state index in [1.807, 2.05) is 59.2 Å². The Balaban J connectivity index is 1.38. The molecule has 0 aliphatic carbocycles. The van der Waals surface area contributed by atoms with Gasteiger partial charge in [0, 0.05) is 37.8 Å². The van der Waals surface area contributed by atoms with Gasteiger partial charge in [0.25, 0.3) is 5.91 Å². The minimum Gasteiger partial charge on any atom is -0.494 e. The highest BCUT2D eigenvalue weighted by Crippen LogP contribution is 2.25. The van der Waals surface area contributed by atoms with Crippen LogP contribution >= 0.6 is 0 Å². The second-order valence-electron chi connectivity index (χ2n) is 8.21. The molecular formula is C27H28N4O3. The van der Waals surface area contributed by atoms with E-state index in [-0.39, 0.29) is 11.6 Å². The molecule has 2 aromatic carbocycles. The van der Waals surface area contributed by atoms with E-state index in [1.165, 1.54) is 5.56 Å². The summed E-state index contributed by atoms with van der Waals surface area (Å²) in [6.07, 6.45) is 4.61. The van der Waals surface area contributed by atoms with E-state index in [0.717, 1.165) is 17.7 Å². The van der Waals surface area contributed by atoms with Gasteiger partial charge in [-0.25, -0.2) is 0 Å². The number of oxazole rings is 1. The molecule has 0 radical (unpaired) electrons. The fourth-order valence-corrected chi connectivity index (χ4v) is 3.74. The van der Waals surface area contributed by atoms with Crippen LogP contribution in [0.5, 0.6) is 5.75 Å². The second-order valence-corrected chi connectivity index (χ2v) is 8.21. The van der Waals surface area contributed by atoms with E-state index in [1.54, 1.807) is 18.2 Å². The lowest BCUT2D eigenvalue weighted by atomic mass is 10.1. The molecule has 0 spiro atoms. The number of nitriles is 1. The molecular weight excluding hydrogens is 428 g/mol. The molecule has 1 saturated heterocycles. The summed E-state index contributed by atoms with van der Waals surface area (Å²) in [5.41, 5.74) is 3.11. The van der Waals surface area contributed by atoms with Crippen LogP contribution in [0.4, 0.5) is 5.88 Å². The van der Waals surface area contributed by atoms with Gasteiger partial charge in [0.2, 0.25) is 17.5 Å². The molecule has 7 nitrogen and oxygen atoms in total. The number of carbonyl (C=O) groups is 1. The van der Waals surface area contributed by atoms with Gasteiger partial charge < -0.3 is 19.0 Å². The van der Waals surface area contributed by atoms with Gasteiger partial charge in [-0.1, -0.05) is 36.8 Å². The smallest absolute Gasteiger partial charge is 0.253 e. The highest BCUT2D eigenvalue weighted by molar-refractivity contribution is 5.94. The number of carbonyl (C=O) groups excluding carboxylic acids is 1. The van der Waals surface area contributed by atoms with Crippen molar-refractivity contribution in [2.75, 3.05) is 37.7 Å². The molecule has 7 heteroatoms. The van der Waals surface area contributed by atoms with Crippen molar-refractivity contribution in [1.29, 1.82) is 5.26 Å². The van der Waals surface area contributed by atoms with Crippen molar-refractivity contribution < 1.29 is 13.9 Å². The third kappa shape index (κ3) is 5.46. The average Bonchev–Trinajstić information content (AvgIpc) is 3.30. The van der Waals surface area contributed by atoms with Crippen LogP contribution in [-0.2, 0) is 0 Å². The molecule has 0 N–H and O–H groups in total. The van der Waals surface area contributed by atoms with Crippen molar-refractivity contribution in [2.24, 2.45) is 0 Å². The number of piperazine rings is 1. The maximum absolute atomic E-state index is 12.9. The topological polar surface area (TPSA) is 82.6 Å². The van der Waals surface area contributed by atoms with E-state index < -0.39 is 0 Å². The number of aryl methyl sites for hydroxylation is 1. The van der Waals surface area contributed by atoms with Crippen molar-refractivity contribution in [3.63, 3.8) is 0 Å². The predicted octanol–water partition coefficient (Wildman–Crippen LogP) is 4.78. The second kappa shape index (κ2) is 10.7. The summed E-state index contributed by atoms with van der Waals surface area (Å²) in [5.74, 6) is 1.60. The van der Waals surface area contributed by atoms with Crippen molar-refractivity contribution in [2.45, 2.75) is 20.3 Å².